The van der Waals surface area contributed by atoms with Crippen LogP contribution in [-0.4, -0.2) is 49.7 Å². The largest absolute Gasteiger partial charge is 0.486 e. The average molecular weight is 355 g/mol. The molecule has 1 N–H and O–H groups in total. The number of fused-ring (bicyclic) bond motifs is 1. The summed E-state index contributed by atoms with van der Waals surface area (Å²) in [4.78, 5) is 0.193. The summed E-state index contributed by atoms with van der Waals surface area (Å²) < 4.78 is 38.8. The van der Waals surface area contributed by atoms with Gasteiger partial charge in [-0.25, -0.2) is 8.42 Å². The third-order valence-electron chi connectivity index (χ3n) is 4.63. The maximum Gasteiger partial charge on any atom is 0.243 e. The number of aliphatic hydroxyl groups is 1. The van der Waals surface area contributed by atoms with Crippen LogP contribution in [0.25, 0.3) is 0 Å². The molecule has 0 amide bonds. The monoisotopic (exact) mass is 355 g/mol. The van der Waals surface area contributed by atoms with Gasteiger partial charge in [-0.1, -0.05) is 19.8 Å². The Bertz CT molecular complexity index is 676. The SMILES string of the molecule is CCCN([C@@H]1CCCC[C@H]1O)S(=O)(=O)c1ccc2c(c1)OCCO2. The Kier molecular flexibility index (Phi) is 5.32. The molecule has 7 heteroatoms. The van der Waals surface area contributed by atoms with Crippen LogP contribution in [0.1, 0.15) is 39.0 Å². The van der Waals surface area contributed by atoms with Crippen molar-refractivity contribution in [3.63, 3.8) is 0 Å². The summed E-state index contributed by atoms with van der Waals surface area (Å²) in [6.45, 7) is 3.23. The van der Waals surface area contributed by atoms with Gasteiger partial charge < -0.3 is 14.6 Å². The van der Waals surface area contributed by atoms with E-state index in [0.717, 1.165) is 12.8 Å². The van der Waals surface area contributed by atoms with E-state index in [1.807, 2.05) is 6.92 Å². The van der Waals surface area contributed by atoms with Gasteiger partial charge in [0.2, 0.25) is 10.0 Å². The second kappa shape index (κ2) is 7.29. The standard InChI is InChI=1S/C17H25NO5S/c1-2-9-18(14-5-3-4-6-15(14)19)24(20,21)13-7-8-16-17(12-13)23-11-10-22-16/h7-8,12,14-15,19H,2-6,9-11H2,1H3/t14-,15-/m1/s1. The molecule has 2 aliphatic rings. The second-order valence-corrected chi connectivity index (χ2v) is 8.23. The van der Waals surface area contributed by atoms with Crippen molar-refractivity contribution >= 4 is 10.0 Å². The molecule has 1 saturated carbocycles. The van der Waals surface area contributed by atoms with Crippen LogP contribution < -0.4 is 9.47 Å². The van der Waals surface area contributed by atoms with Crippen molar-refractivity contribution in [2.45, 2.75) is 56.1 Å². The minimum atomic E-state index is -3.69. The van der Waals surface area contributed by atoms with Gasteiger partial charge in [0, 0.05) is 12.6 Å². The molecule has 1 aliphatic carbocycles. The first-order chi connectivity index (χ1) is 11.5. The average Bonchev–Trinajstić information content (AvgIpc) is 2.60. The summed E-state index contributed by atoms with van der Waals surface area (Å²) in [7, 11) is -3.69. The van der Waals surface area contributed by atoms with E-state index in [1.54, 1.807) is 12.1 Å². The first-order valence-electron chi connectivity index (χ1n) is 8.63. The molecule has 0 aromatic heterocycles. The van der Waals surface area contributed by atoms with Crippen LogP contribution in [0, 0.1) is 0 Å². The molecular formula is C17H25NO5S. The topological polar surface area (TPSA) is 76.1 Å². The van der Waals surface area contributed by atoms with E-state index in [-0.39, 0.29) is 10.9 Å². The van der Waals surface area contributed by atoms with Crippen molar-refractivity contribution in [1.82, 2.24) is 4.31 Å². The Morgan fingerprint density at radius 2 is 1.88 bits per heavy atom. The molecule has 0 unspecified atom stereocenters. The highest BCUT2D eigenvalue weighted by molar-refractivity contribution is 7.89. The number of hydrogen-bond donors (Lipinski definition) is 1. The van der Waals surface area contributed by atoms with Gasteiger partial charge in [0.05, 0.1) is 17.0 Å². The van der Waals surface area contributed by atoms with Gasteiger partial charge in [-0.05, 0) is 31.4 Å². The van der Waals surface area contributed by atoms with Crippen molar-refractivity contribution in [2.75, 3.05) is 19.8 Å². The molecule has 1 aromatic carbocycles. The van der Waals surface area contributed by atoms with Gasteiger partial charge in [0.25, 0.3) is 0 Å². The molecule has 134 valence electrons. The van der Waals surface area contributed by atoms with Crippen molar-refractivity contribution in [3.05, 3.63) is 18.2 Å². The van der Waals surface area contributed by atoms with E-state index in [1.165, 1.54) is 10.4 Å². The maximum atomic E-state index is 13.2. The van der Waals surface area contributed by atoms with E-state index in [9.17, 15) is 13.5 Å². The molecule has 0 spiro atoms. The van der Waals surface area contributed by atoms with Gasteiger partial charge in [-0.15, -0.1) is 0 Å². The first-order valence-corrected chi connectivity index (χ1v) is 10.1. The predicted molar refractivity (Wildman–Crippen MR) is 89.9 cm³/mol. The molecule has 0 radical (unpaired) electrons. The molecular weight excluding hydrogens is 330 g/mol. The lowest BCUT2D eigenvalue weighted by atomic mass is 9.92. The fourth-order valence-electron chi connectivity index (χ4n) is 3.43. The molecule has 24 heavy (non-hydrogen) atoms. The first kappa shape index (κ1) is 17.5. The second-order valence-electron chi connectivity index (χ2n) is 6.34. The summed E-state index contributed by atoms with van der Waals surface area (Å²) in [5.41, 5.74) is 0. The fourth-order valence-corrected chi connectivity index (χ4v) is 5.22. The van der Waals surface area contributed by atoms with E-state index in [0.29, 0.717) is 50.5 Å². The van der Waals surface area contributed by atoms with Crippen LogP contribution in [-0.2, 0) is 10.0 Å². The Balaban J connectivity index is 1.93. The highest BCUT2D eigenvalue weighted by atomic mass is 32.2. The van der Waals surface area contributed by atoms with Crippen molar-refractivity contribution < 1.29 is 23.0 Å². The summed E-state index contributed by atoms with van der Waals surface area (Å²) in [6.07, 6.45) is 3.34. The molecule has 2 atom stereocenters. The molecule has 3 rings (SSSR count). The third-order valence-corrected chi connectivity index (χ3v) is 6.55. The lowest BCUT2D eigenvalue weighted by Crippen LogP contribution is -2.48. The Labute approximate surface area is 143 Å². The molecule has 6 nitrogen and oxygen atoms in total. The van der Waals surface area contributed by atoms with Crippen LogP contribution in [0.5, 0.6) is 11.5 Å². The van der Waals surface area contributed by atoms with Crippen molar-refractivity contribution in [3.8, 4) is 11.5 Å². The van der Waals surface area contributed by atoms with Crippen LogP contribution in [0.3, 0.4) is 0 Å². The van der Waals surface area contributed by atoms with Crippen LogP contribution in [0.2, 0.25) is 0 Å². The number of benzene rings is 1. The summed E-state index contributed by atoms with van der Waals surface area (Å²) in [5.74, 6) is 1.03. The van der Waals surface area contributed by atoms with E-state index in [4.69, 9.17) is 9.47 Å². The van der Waals surface area contributed by atoms with Crippen molar-refractivity contribution in [1.29, 1.82) is 0 Å². The zero-order chi connectivity index (χ0) is 17.2. The minimum Gasteiger partial charge on any atom is -0.486 e. The maximum absolute atomic E-state index is 13.2. The molecule has 1 fully saturated rings. The van der Waals surface area contributed by atoms with Crippen LogP contribution in [0.15, 0.2) is 23.1 Å². The zero-order valence-corrected chi connectivity index (χ0v) is 14.8. The highest BCUT2D eigenvalue weighted by Gasteiger charge is 2.36. The van der Waals surface area contributed by atoms with Crippen molar-refractivity contribution in [2.24, 2.45) is 0 Å². The minimum absolute atomic E-state index is 0.193. The Morgan fingerprint density at radius 3 is 2.58 bits per heavy atom. The van der Waals surface area contributed by atoms with E-state index < -0.39 is 16.1 Å². The Morgan fingerprint density at radius 1 is 1.17 bits per heavy atom. The Hall–Kier alpha value is -1.31. The smallest absolute Gasteiger partial charge is 0.243 e. The van der Waals surface area contributed by atoms with Crippen LogP contribution in [0.4, 0.5) is 0 Å². The quantitative estimate of drug-likeness (QED) is 0.876. The highest BCUT2D eigenvalue weighted by Crippen LogP contribution is 2.35. The van der Waals surface area contributed by atoms with Gasteiger partial charge >= 0.3 is 0 Å². The number of sulfonamides is 1. The lowest BCUT2D eigenvalue weighted by Gasteiger charge is -2.36. The van der Waals surface area contributed by atoms with Gasteiger partial charge in [-0.2, -0.15) is 4.31 Å². The number of aliphatic hydroxyl groups excluding tert-OH is 1. The predicted octanol–water partition coefficient (Wildman–Crippen LogP) is 2.16. The molecule has 0 saturated heterocycles. The van der Waals surface area contributed by atoms with Gasteiger partial charge in [0.1, 0.15) is 13.2 Å². The van der Waals surface area contributed by atoms with E-state index in [2.05, 4.69) is 0 Å². The summed E-state index contributed by atoms with van der Waals surface area (Å²) in [5, 5.41) is 10.3. The van der Waals surface area contributed by atoms with Crippen LogP contribution >= 0.6 is 0 Å². The molecule has 1 heterocycles. The number of ether oxygens (including phenoxy) is 2. The lowest BCUT2D eigenvalue weighted by molar-refractivity contribution is 0.0557. The third kappa shape index (κ3) is 3.38. The molecule has 0 bridgehead atoms. The number of hydrogen-bond acceptors (Lipinski definition) is 5. The molecule has 1 aromatic rings. The van der Waals surface area contributed by atoms with Gasteiger partial charge in [-0.3, -0.25) is 0 Å². The summed E-state index contributed by atoms with van der Waals surface area (Å²) >= 11 is 0. The zero-order valence-electron chi connectivity index (χ0n) is 14.0. The van der Waals surface area contributed by atoms with E-state index >= 15 is 0 Å². The normalized spacial score (nSPS) is 24.1. The summed E-state index contributed by atoms with van der Waals surface area (Å²) in [6, 6.07) is 4.38. The molecule has 1 aliphatic heterocycles. The fraction of sp³-hybridized carbons (Fsp3) is 0.647. The van der Waals surface area contributed by atoms with Gasteiger partial charge in [0.15, 0.2) is 11.5 Å². The number of rotatable bonds is 5. The number of nitrogens with zero attached hydrogens (tertiary/aromatic N) is 1.